The molecule has 3 N–H and O–H groups in total. The summed E-state index contributed by atoms with van der Waals surface area (Å²) >= 11 is 0. The fourth-order valence-corrected chi connectivity index (χ4v) is 3.94. The van der Waals surface area contributed by atoms with E-state index in [-0.39, 0.29) is 24.0 Å². The molecule has 5 heteroatoms. The summed E-state index contributed by atoms with van der Waals surface area (Å²) in [7, 11) is 0. The molecule has 0 amide bonds. The Bertz CT molecular complexity index is 732. The molecule has 0 saturated carbocycles. The normalized spacial score (nSPS) is 25.0. The Balaban J connectivity index is 1.71. The number of hydrogen-bond donors (Lipinski definition) is 3. The molecule has 1 saturated heterocycles. The van der Waals surface area contributed by atoms with Gasteiger partial charge in [-0.2, -0.15) is 0 Å². The average molecular weight is 284 g/mol. The fraction of sp³-hybridized carbons (Fsp3) is 0.375. The summed E-state index contributed by atoms with van der Waals surface area (Å²) in [4.78, 5) is 0. The largest absolute Gasteiger partial charge is 0.494 e. The van der Waals surface area contributed by atoms with Gasteiger partial charge in [-0.25, -0.2) is 0 Å². The van der Waals surface area contributed by atoms with E-state index >= 15 is 0 Å². The van der Waals surface area contributed by atoms with Crippen molar-refractivity contribution in [2.45, 2.75) is 31.5 Å². The zero-order chi connectivity index (χ0) is 14.1. The minimum atomic E-state index is -0.0651. The molecule has 108 valence electrons. The number of nitrogens with zero attached hydrogens (tertiary/aromatic N) is 1. The van der Waals surface area contributed by atoms with Gasteiger partial charge in [0.05, 0.1) is 29.0 Å². The van der Waals surface area contributed by atoms with Crippen molar-refractivity contribution in [3.8, 4) is 17.4 Å². The van der Waals surface area contributed by atoms with Gasteiger partial charge in [-0.1, -0.05) is 6.07 Å². The number of aromatic nitrogens is 1. The van der Waals surface area contributed by atoms with Crippen LogP contribution in [-0.4, -0.2) is 21.3 Å². The first kappa shape index (κ1) is 11.5. The summed E-state index contributed by atoms with van der Waals surface area (Å²) in [6, 6.07) is 5.99. The molecular weight excluding hydrogens is 268 g/mol. The molecule has 21 heavy (non-hydrogen) atoms. The smallest absolute Gasteiger partial charge is 0.205 e. The van der Waals surface area contributed by atoms with Crippen LogP contribution in [0.2, 0.25) is 0 Å². The molecule has 1 aromatic carbocycles. The number of fused-ring (bicyclic) bond motifs is 6. The second kappa shape index (κ2) is 3.74. The van der Waals surface area contributed by atoms with E-state index < -0.39 is 0 Å². The maximum Gasteiger partial charge on any atom is 0.205 e. The highest BCUT2D eigenvalue weighted by atomic mass is 16.5. The van der Waals surface area contributed by atoms with E-state index in [0.717, 1.165) is 48.3 Å². The van der Waals surface area contributed by atoms with Gasteiger partial charge in [0.1, 0.15) is 0 Å². The zero-order valence-electron chi connectivity index (χ0n) is 11.5. The molecule has 5 rings (SSSR count). The number of benzene rings is 1. The quantitative estimate of drug-likeness (QED) is 0.753. The molecule has 3 aliphatic heterocycles. The van der Waals surface area contributed by atoms with Gasteiger partial charge in [0.2, 0.25) is 11.8 Å². The van der Waals surface area contributed by atoms with Crippen molar-refractivity contribution in [3.63, 3.8) is 0 Å². The molecule has 0 unspecified atom stereocenters. The lowest BCUT2D eigenvalue weighted by Gasteiger charge is -2.11. The number of rotatable bonds is 1. The highest BCUT2D eigenvalue weighted by molar-refractivity contribution is 5.64. The summed E-state index contributed by atoms with van der Waals surface area (Å²) in [5.74, 6) is 0.236. The summed E-state index contributed by atoms with van der Waals surface area (Å²) < 4.78 is 7.30. The molecular formula is C16H16N2O3. The molecule has 0 spiro atoms. The lowest BCUT2D eigenvalue weighted by atomic mass is 9.95. The lowest BCUT2D eigenvalue weighted by molar-refractivity contribution is 0.0683. The van der Waals surface area contributed by atoms with E-state index in [1.54, 1.807) is 4.57 Å². The Hall–Kier alpha value is -2.14. The van der Waals surface area contributed by atoms with Crippen molar-refractivity contribution in [1.29, 1.82) is 0 Å². The van der Waals surface area contributed by atoms with Crippen LogP contribution in [0.25, 0.3) is 5.69 Å². The first-order chi connectivity index (χ1) is 10.2. The summed E-state index contributed by atoms with van der Waals surface area (Å²) in [5, 5.41) is 24.4. The van der Waals surface area contributed by atoms with Gasteiger partial charge in [0.15, 0.2) is 0 Å². The van der Waals surface area contributed by atoms with Gasteiger partial charge >= 0.3 is 0 Å². The van der Waals surface area contributed by atoms with Gasteiger partial charge in [-0.05, 0) is 37.0 Å². The lowest BCUT2D eigenvalue weighted by Crippen LogP contribution is -1.97. The summed E-state index contributed by atoms with van der Waals surface area (Å²) in [5.41, 5.74) is 4.70. The zero-order valence-corrected chi connectivity index (χ0v) is 11.5. The fourth-order valence-electron chi connectivity index (χ4n) is 3.94. The van der Waals surface area contributed by atoms with Crippen LogP contribution in [0.4, 0.5) is 5.69 Å². The predicted molar refractivity (Wildman–Crippen MR) is 77.1 cm³/mol. The molecule has 3 aliphatic rings. The van der Waals surface area contributed by atoms with E-state index in [9.17, 15) is 10.2 Å². The minimum absolute atomic E-state index is 0.0651. The molecule has 0 aliphatic carbocycles. The molecule has 4 heterocycles. The summed E-state index contributed by atoms with van der Waals surface area (Å²) in [6.07, 6.45) is 2.73. The van der Waals surface area contributed by atoms with Crippen LogP contribution < -0.4 is 5.32 Å². The molecule has 2 aromatic rings. The van der Waals surface area contributed by atoms with Crippen molar-refractivity contribution in [2.24, 2.45) is 0 Å². The molecule has 1 fully saturated rings. The average Bonchev–Trinajstić information content (AvgIpc) is 3.22. The number of ether oxygens (including phenoxy) is 1. The molecule has 0 radical (unpaired) electrons. The molecule has 5 nitrogen and oxygen atoms in total. The maximum atomic E-state index is 10.6. The Morgan fingerprint density at radius 3 is 2.52 bits per heavy atom. The topological polar surface area (TPSA) is 66.7 Å². The third-order valence-electron chi connectivity index (χ3n) is 4.92. The van der Waals surface area contributed by atoms with Crippen LogP contribution >= 0.6 is 0 Å². The molecule has 1 aromatic heterocycles. The Labute approximate surface area is 121 Å². The number of nitrogens with one attached hydrogen (secondary N) is 1. The molecule has 2 bridgehead atoms. The van der Waals surface area contributed by atoms with Gasteiger partial charge in [-0.3, -0.25) is 4.57 Å². The third kappa shape index (κ3) is 1.34. The van der Waals surface area contributed by atoms with E-state index in [0.29, 0.717) is 0 Å². The number of anilines is 1. The van der Waals surface area contributed by atoms with Crippen LogP contribution in [0.1, 0.15) is 41.7 Å². The van der Waals surface area contributed by atoms with E-state index in [1.165, 1.54) is 5.56 Å². The Morgan fingerprint density at radius 1 is 1.10 bits per heavy atom. The van der Waals surface area contributed by atoms with Crippen LogP contribution in [0, 0.1) is 0 Å². The molecule has 2 atom stereocenters. The second-order valence-electron chi connectivity index (χ2n) is 6.02. The van der Waals surface area contributed by atoms with Crippen molar-refractivity contribution >= 4 is 5.69 Å². The Kier molecular flexibility index (Phi) is 2.05. The SMILES string of the molecule is Oc1c2c(c(O)n1-c1ccc3c(c1)NCC3)[C@H]1CC[C@@H]2O1. The highest BCUT2D eigenvalue weighted by Crippen LogP contribution is 2.58. The summed E-state index contributed by atoms with van der Waals surface area (Å²) in [6.45, 7) is 0.941. The third-order valence-corrected chi connectivity index (χ3v) is 4.92. The second-order valence-corrected chi connectivity index (χ2v) is 6.02. The van der Waals surface area contributed by atoms with E-state index in [2.05, 4.69) is 11.4 Å². The van der Waals surface area contributed by atoms with Gasteiger partial charge < -0.3 is 20.3 Å². The van der Waals surface area contributed by atoms with Crippen molar-refractivity contribution in [3.05, 3.63) is 34.9 Å². The van der Waals surface area contributed by atoms with Crippen LogP contribution in [-0.2, 0) is 11.2 Å². The van der Waals surface area contributed by atoms with Crippen molar-refractivity contribution in [2.75, 3.05) is 11.9 Å². The maximum absolute atomic E-state index is 10.6. The van der Waals surface area contributed by atoms with E-state index in [4.69, 9.17) is 4.74 Å². The van der Waals surface area contributed by atoms with Gasteiger partial charge in [-0.15, -0.1) is 0 Å². The van der Waals surface area contributed by atoms with Gasteiger partial charge in [0, 0.05) is 12.2 Å². The Morgan fingerprint density at radius 2 is 1.81 bits per heavy atom. The van der Waals surface area contributed by atoms with Crippen LogP contribution in [0.15, 0.2) is 18.2 Å². The number of aromatic hydroxyl groups is 2. The number of hydrogen-bond acceptors (Lipinski definition) is 4. The van der Waals surface area contributed by atoms with E-state index in [1.807, 2.05) is 12.1 Å². The van der Waals surface area contributed by atoms with Gasteiger partial charge in [0.25, 0.3) is 0 Å². The predicted octanol–water partition coefficient (Wildman–Crippen LogP) is 2.76. The van der Waals surface area contributed by atoms with Crippen molar-refractivity contribution in [1.82, 2.24) is 4.57 Å². The minimum Gasteiger partial charge on any atom is -0.494 e. The first-order valence-corrected chi connectivity index (χ1v) is 7.43. The standard InChI is InChI=1S/C16H16N2O3/c19-15-13-11-3-4-12(21-11)14(13)16(20)18(15)9-2-1-8-5-6-17-10(8)7-9/h1-2,7,11-12,17,19-20H,3-6H2/t11-,12+. The first-order valence-electron chi connectivity index (χ1n) is 7.43. The monoisotopic (exact) mass is 284 g/mol. The van der Waals surface area contributed by atoms with Crippen LogP contribution in [0.5, 0.6) is 11.8 Å². The van der Waals surface area contributed by atoms with Crippen molar-refractivity contribution < 1.29 is 14.9 Å². The van der Waals surface area contributed by atoms with Crippen LogP contribution in [0.3, 0.4) is 0 Å². The highest BCUT2D eigenvalue weighted by Gasteiger charge is 2.45.